The molecule has 186 valence electrons. The van der Waals surface area contributed by atoms with Crippen molar-refractivity contribution in [2.75, 3.05) is 45.0 Å². The fourth-order valence-corrected chi connectivity index (χ4v) is 5.23. The van der Waals surface area contributed by atoms with Crippen LogP contribution in [0.5, 0.6) is 17.2 Å². The van der Waals surface area contributed by atoms with Gasteiger partial charge in [0.05, 0.1) is 19.3 Å². The third-order valence-corrected chi connectivity index (χ3v) is 7.04. The summed E-state index contributed by atoms with van der Waals surface area (Å²) in [6.45, 7) is 4.46. The van der Waals surface area contributed by atoms with Gasteiger partial charge in [0.1, 0.15) is 11.7 Å². The molecule has 36 heavy (non-hydrogen) atoms. The zero-order valence-electron chi connectivity index (χ0n) is 20.1. The summed E-state index contributed by atoms with van der Waals surface area (Å²) in [4.78, 5) is 22.8. The van der Waals surface area contributed by atoms with Gasteiger partial charge in [-0.1, -0.05) is 0 Å². The number of amides is 1. The molecular formula is C26H26FN5O4. The van der Waals surface area contributed by atoms with E-state index >= 15 is 0 Å². The summed E-state index contributed by atoms with van der Waals surface area (Å²) in [5.74, 6) is 1.58. The lowest BCUT2D eigenvalue weighted by Gasteiger charge is -2.40. The molecule has 3 aromatic rings. The van der Waals surface area contributed by atoms with Crippen LogP contribution in [0.15, 0.2) is 53.7 Å². The second-order valence-electron chi connectivity index (χ2n) is 9.06. The molecule has 0 N–H and O–H groups in total. The molecule has 2 aromatic carbocycles. The molecule has 0 bridgehead atoms. The Morgan fingerprint density at radius 3 is 2.61 bits per heavy atom. The van der Waals surface area contributed by atoms with Gasteiger partial charge in [0.25, 0.3) is 0 Å². The Morgan fingerprint density at radius 1 is 1.08 bits per heavy atom. The molecule has 10 heteroatoms. The molecule has 2 atom stereocenters. The van der Waals surface area contributed by atoms with Crippen molar-refractivity contribution in [3.05, 3.63) is 60.0 Å². The number of hydrogen-bond donors (Lipinski definition) is 0. The molecule has 3 aliphatic heterocycles. The second-order valence-corrected chi connectivity index (χ2v) is 9.06. The van der Waals surface area contributed by atoms with Crippen LogP contribution in [-0.2, 0) is 4.79 Å². The molecule has 1 fully saturated rings. The predicted octanol–water partition coefficient (Wildman–Crippen LogP) is 3.42. The summed E-state index contributed by atoms with van der Waals surface area (Å²) in [6.07, 6.45) is 1.69. The highest BCUT2D eigenvalue weighted by Crippen LogP contribution is 2.46. The average molecular weight is 492 g/mol. The van der Waals surface area contributed by atoms with E-state index in [0.29, 0.717) is 49.2 Å². The quantitative estimate of drug-likeness (QED) is 0.557. The van der Waals surface area contributed by atoms with Gasteiger partial charge >= 0.3 is 0 Å². The monoisotopic (exact) mass is 491 g/mol. The number of nitrogens with zero attached hydrogens (tertiary/aromatic N) is 5. The van der Waals surface area contributed by atoms with Crippen LogP contribution in [0.2, 0.25) is 0 Å². The summed E-state index contributed by atoms with van der Waals surface area (Å²) in [5.41, 5.74) is 2.51. The van der Waals surface area contributed by atoms with Crippen LogP contribution in [0.3, 0.4) is 0 Å². The van der Waals surface area contributed by atoms with E-state index in [9.17, 15) is 9.18 Å². The maximum absolute atomic E-state index is 14.0. The van der Waals surface area contributed by atoms with Crippen molar-refractivity contribution in [2.24, 2.45) is 10.9 Å². The SMILES string of the molecule is COc1cc(C2C(C(=O)N3CCN(c4ccc(F)cc4)CC3)C(C)=Nc3ccnn32)cc2c1OCO2. The highest BCUT2D eigenvalue weighted by molar-refractivity contribution is 6.05. The minimum absolute atomic E-state index is 0.00205. The predicted molar refractivity (Wildman–Crippen MR) is 131 cm³/mol. The van der Waals surface area contributed by atoms with E-state index in [-0.39, 0.29) is 18.5 Å². The Kier molecular flexibility index (Phi) is 5.50. The number of carbonyl (C=O) groups excluding carboxylic acids is 1. The van der Waals surface area contributed by atoms with Crippen molar-refractivity contribution in [1.29, 1.82) is 0 Å². The van der Waals surface area contributed by atoms with Gasteiger partial charge in [-0.3, -0.25) is 4.79 Å². The van der Waals surface area contributed by atoms with Gasteiger partial charge in [0.15, 0.2) is 17.3 Å². The number of anilines is 1. The first-order valence-corrected chi connectivity index (χ1v) is 11.9. The first-order valence-electron chi connectivity index (χ1n) is 11.9. The number of methoxy groups -OCH3 is 1. The van der Waals surface area contributed by atoms with Gasteiger partial charge in [0, 0.05) is 43.6 Å². The van der Waals surface area contributed by atoms with E-state index in [1.165, 1.54) is 12.1 Å². The molecule has 3 aliphatic rings. The summed E-state index contributed by atoms with van der Waals surface area (Å²) in [5, 5.41) is 4.52. The van der Waals surface area contributed by atoms with Gasteiger partial charge in [-0.05, 0) is 48.9 Å². The van der Waals surface area contributed by atoms with Crippen molar-refractivity contribution in [3.63, 3.8) is 0 Å². The van der Waals surface area contributed by atoms with Crippen LogP contribution in [0, 0.1) is 11.7 Å². The van der Waals surface area contributed by atoms with Crippen LogP contribution < -0.4 is 19.1 Å². The lowest BCUT2D eigenvalue weighted by atomic mass is 9.86. The molecule has 0 saturated carbocycles. The molecule has 4 heterocycles. The molecule has 1 saturated heterocycles. The smallest absolute Gasteiger partial charge is 0.234 e. The molecule has 0 radical (unpaired) electrons. The summed E-state index contributed by atoms with van der Waals surface area (Å²) in [6, 6.07) is 11.7. The number of carbonyl (C=O) groups is 1. The standard InChI is InChI=1S/C26H26FN5O4/c1-16-23(26(33)31-11-9-30(10-12-31)19-5-3-18(27)4-6-19)24(32-22(29-16)7-8-28-32)17-13-20(34-2)25-21(14-17)35-15-36-25/h3-8,13-14,23-24H,9-12,15H2,1-2H3. The largest absolute Gasteiger partial charge is 0.493 e. The van der Waals surface area contributed by atoms with E-state index in [1.807, 2.05) is 30.0 Å². The van der Waals surface area contributed by atoms with Gasteiger partial charge in [-0.15, -0.1) is 0 Å². The van der Waals surface area contributed by atoms with Crippen LogP contribution in [0.4, 0.5) is 15.9 Å². The first kappa shape index (κ1) is 22.4. The summed E-state index contributed by atoms with van der Waals surface area (Å²) >= 11 is 0. The molecule has 9 nitrogen and oxygen atoms in total. The molecule has 6 rings (SSSR count). The Labute approximate surface area is 207 Å². The number of piperazine rings is 1. The van der Waals surface area contributed by atoms with Crippen LogP contribution >= 0.6 is 0 Å². The van der Waals surface area contributed by atoms with Crippen molar-refractivity contribution >= 4 is 23.1 Å². The molecule has 0 aliphatic carbocycles. The number of ether oxygens (including phenoxy) is 3. The molecule has 0 spiro atoms. The maximum atomic E-state index is 14.0. The topological polar surface area (TPSA) is 81.4 Å². The van der Waals surface area contributed by atoms with E-state index in [1.54, 1.807) is 30.1 Å². The van der Waals surface area contributed by atoms with Crippen LogP contribution in [0.25, 0.3) is 0 Å². The number of fused-ring (bicyclic) bond motifs is 2. The van der Waals surface area contributed by atoms with Gasteiger partial charge < -0.3 is 24.0 Å². The minimum Gasteiger partial charge on any atom is -0.493 e. The Balaban J connectivity index is 1.30. The highest BCUT2D eigenvalue weighted by atomic mass is 19.1. The lowest BCUT2D eigenvalue weighted by molar-refractivity contribution is -0.134. The third-order valence-electron chi connectivity index (χ3n) is 7.04. The lowest BCUT2D eigenvalue weighted by Crippen LogP contribution is -2.53. The van der Waals surface area contributed by atoms with E-state index in [2.05, 4.69) is 10.00 Å². The van der Waals surface area contributed by atoms with E-state index in [0.717, 1.165) is 17.0 Å². The van der Waals surface area contributed by atoms with Gasteiger partial charge in [-0.2, -0.15) is 5.10 Å². The number of aromatic nitrogens is 2. The Hall–Kier alpha value is -4.08. The molecular weight excluding hydrogens is 465 g/mol. The van der Waals surface area contributed by atoms with Crippen molar-refractivity contribution in [3.8, 4) is 17.2 Å². The van der Waals surface area contributed by atoms with E-state index < -0.39 is 12.0 Å². The normalized spacial score (nSPS) is 20.7. The maximum Gasteiger partial charge on any atom is 0.234 e. The summed E-state index contributed by atoms with van der Waals surface area (Å²) in [7, 11) is 1.58. The van der Waals surface area contributed by atoms with Crippen LogP contribution in [-0.4, -0.2) is 66.4 Å². The Bertz CT molecular complexity index is 1330. The highest BCUT2D eigenvalue weighted by Gasteiger charge is 2.41. The molecule has 1 aromatic heterocycles. The molecule has 2 unspecified atom stereocenters. The fourth-order valence-electron chi connectivity index (χ4n) is 5.23. The number of aliphatic imine (C=N–C) groups is 1. The molecule has 1 amide bonds. The minimum atomic E-state index is -0.542. The summed E-state index contributed by atoms with van der Waals surface area (Å²) < 4.78 is 31.9. The fraction of sp³-hybridized carbons (Fsp3) is 0.346. The number of hydrogen-bond acceptors (Lipinski definition) is 7. The number of rotatable bonds is 4. The third kappa shape index (κ3) is 3.73. The zero-order valence-corrected chi connectivity index (χ0v) is 20.1. The zero-order chi connectivity index (χ0) is 24.8. The average Bonchev–Trinajstić information content (AvgIpc) is 3.57. The second kappa shape index (κ2) is 8.85. The van der Waals surface area contributed by atoms with Gasteiger partial charge in [0.2, 0.25) is 18.4 Å². The van der Waals surface area contributed by atoms with E-state index in [4.69, 9.17) is 19.2 Å². The van der Waals surface area contributed by atoms with Crippen molar-refractivity contribution in [2.45, 2.75) is 13.0 Å². The van der Waals surface area contributed by atoms with Crippen LogP contribution in [0.1, 0.15) is 18.5 Å². The number of benzene rings is 2. The number of halogens is 1. The van der Waals surface area contributed by atoms with Crippen molar-refractivity contribution < 1.29 is 23.4 Å². The Morgan fingerprint density at radius 2 is 1.86 bits per heavy atom. The first-order chi connectivity index (χ1) is 17.5. The van der Waals surface area contributed by atoms with Crippen molar-refractivity contribution in [1.82, 2.24) is 14.7 Å². The van der Waals surface area contributed by atoms with Gasteiger partial charge in [-0.25, -0.2) is 14.1 Å².